The summed E-state index contributed by atoms with van der Waals surface area (Å²) < 4.78 is 25.7. The summed E-state index contributed by atoms with van der Waals surface area (Å²) in [5, 5.41) is 12.5. The molecule has 7 nitrogen and oxygen atoms in total. The lowest BCUT2D eigenvalue weighted by Crippen LogP contribution is -2.57. The first-order valence-corrected chi connectivity index (χ1v) is 11.9. The molecule has 0 radical (unpaired) electrons. The quantitative estimate of drug-likeness (QED) is 0.560. The molecule has 0 saturated heterocycles. The standard InChI is InChI=1S/C21H28N2O5S/c1-13(29(27,28)19-5-3-18(4-6-19)23(25)26)20(24)22-14(2)21-10-15-7-16(11-21)9-17(8-15)12-21/h3-6,13-17H,7-12H2,1-2H3,(H,22,24)/t13-,14+,15?,16?,17?,21?/m0/s1. The molecule has 158 valence electrons. The van der Waals surface area contributed by atoms with Crippen LogP contribution in [0.2, 0.25) is 0 Å². The van der Waals surface area contributed by atoms with Gasteiger partial charge in [-0.3, -0.25) is 14.9 Å². The van der Waals surface area contributed by atoms with Crippen molar-refractivity contribution in [3.63, 3.8) is 0 Å². The van der Waals surface area contributed by atoms with E-state index < -0.39 is 25.9 Å². The van der Waals surface area contributed by atoms with Crippen LogP contribution < -0.4 is 5.32 Å². The molecule has 0 aromatic heterocycles. The maximum Gasteiger partial charge on any atom is 0.269 e. The number of rotatable bonds is 6. The Labute approximate surface area is 171 Å². The normalized spacial score (nSPS) is 32.6. The van der Waals surface area contributed by atoms with Gasteiger partial charge in [0.25, 0.3) is 5.69 Å². The fourth-order valence-electron chi connectivity index (χ4n) is 6.29. The van der Waals surface area contributed by atoms with Crippen molar-refractivity contribution in [2.45, 2.75) is 68.6 Å². The molecular formula is C21H28N2O5S. The van der Waals surface area contributed by atoms with Gasteiger partial charge >= 0.3 is 0 Å². The fourth-order valence-corrected chi connectivity index (χ4v) is 7.57. The van der Waals surface area contributed by atoms with E-state index in [4.69, 9.17) is 0 Å². The van der Waals surface area contributed by atoms with Crippen molar-refractivity contribution in [3.05, 3.63) is 34.4 Å². The monoisotopic (exact) mass is 420 g/mol. The number of benzene rings is 1. The van der Waals surface area contributed by atoms with Crippen LogP contribution in [-0.4, -0.2) is 30.5 Å². The molecule has 4 saturated carbocycles. The molecule has 29 heavy (non-hydrogen) atoms. The molecule has 0 spiro atoms. The maximum absolute atomic E-state index is 12.9. The highest BCUT2D eigenvalue weighted by molar-refractivity contribution is 7.92. The molecule has 4 aliphatic rings. The number of nitro benzene ring substituents is 1. The van der Waals surface area contributed by atoms with Gasteiger partial charge < -0.3 is 5.32 Å². The third-order valence-corrected chi connectivity index (χ3v) is 9.65. The van der Waals surface area contributed by atoms with E-state index in [1.165, 1.54) is 38.3 Å². The molecule has 1 N–H and O–H groups in total. The molecule has 1 aromatic carbocycles. The molecule has 2 atom stereocenters. The zero-order valence-electron chi connectivity index (χ0n) is 16.8. The number of carbonyl (C=O) groups is 1. The Kier molecular flexibility index (Phi) is 4.96. The Morgan fingerprint density at radius 1 is 1.07 bits per heavy atom. The van der Waals surface area contributed by atoms with E-state index in [1.807, 2.05) is 6.92 Å². The number of amides is 1. The van der Waals surface area contributed by atoms with Crippen LogP contribution >= 0.6 is 0 Å². The summed E-state index contributed by atoms with van der Waals surface area (Å²) in [5.74, 6) is 1.76. The lowest BCUT2D eigenvalue weighted by atomic mass is 9.48. The average molecular weight is 421 g/mol. The summed E-state index contributed by atoms with van der Waals surface area (Å²) in [7, 11) is -3.92. The zero-order valence-corrected chi connectivity index (χ0v) is 17.7. The number of nitrogens with one attached hydrogen (secondary N) is 1. The van der Waals surface area contributed by atoms with E-state index in [-0.39, 0.29) is 22.0 Å². The number of nitro groups is 1. The molecule has 1 amide bonds. The number of non-ortho nitro benzene ring substituents is 1. The van der Waals surface area contributed by atoms with Crippen molar-refractivity contribution < 1.29 is 18.1 Å². The summed E-state index contributed by atoms with van der Waals surface area (Å²) in [6.07, 6.45) is 7.32. The highest BCUT2D eigenvalue weighted by atomic mass is 32.2. The Morgan fingerprint density at radius 3 is 2.00 bits per heavy atom. The van der Waals surface area contributed by atoms with Crippen molar-refractivity contribution in [2.24, 2.45) is 23.2 Å². The predicted octanol–water partition coefficient (Wildman–Crippen LogP) is 3.48. The Bertz CT molecular complexity index is 890. The van der Waals surface area contributed by atoms with Crippen LogP contribution in [0.15, 0.2) is 29.2 Å². The van der Waals surface area contributed by atoms with Gasteiger partial charge in [-0.05, 0) is 87.7 Å². The van der Waals surface area contributed by atoms with Gasteiger partial charge in [-0.2, -0.15) is 0 Å². The van der Waals surface area contributed by atoms with E-state index >= 15 is 0 Å². The van der Waals surface area contributed by atoms with Crippen LogP contribution in [0.25, 0.3) is 0 Å². The van der Waals surface area contributed by atoms with Gasteiger partial charge in [-0.25, -0.2) is 8.42 Å². The van der Waals surface area contributed by atoms with E-state index in [0.29, 0.717) is 0 Å². The van der Waals surface area contributed by atoms with Gasteiger partial charge in [0.2, 0.25) is 5.91 Å². The minimum absolute atomic E-state index is 0.0575. The topological polar surface area (TPSA) is 106 Å². The van der Waals surface area contributed by atoms with Gasteiger partial charge in [-0.1, -0.05) is 0 Å². The minimum atomic E-state index is -3.92. The lowest BCUT2D eigenvalue weighted by Gasteiger charge is -2.59. The third-order valence-electron chi connectivity index (χ3n) is 7.57. The number of hydrogen-bond donors (Lipinski definition) is 1. The zero-order chi connectivity index (χ0) is 21.0. The Balaban J connectivity index is 1.47. The second-order valence-electron chi connectivity index (χ2n) is 9.45. The summed E-state index contributed by atoms with van der Waals surface area (Å²) in [4.78, 5) is 23.0. The fraction of sp³-hybridized carbons (Fsp3) is 0.667. The molecule has 8 heteroatoms. The second-order valence-corrected chi connectivity index (χ2v) is 11.7. The van der Waals surface area contributed by atoms with Crippen LogP contribution in [0.3, 0.4) is 0 Å². The van der Waals surface area contributed by atoms with Crippen LogP contribution in [-0.2, 0) is 14.6 Å². The molecule has 0 aliphatic heterocycles. The van der Waals surface area contributed by atoms with Crippen molar-refractivity contribution in [2.75, 3.05) is 0 Å². The van der Waals surface area contributed by atoms with E-state index in [1.54, 1.807) is 0 Å². The lowest BCUT2D eigenvalue weighted by molar-refractivity contribution is -0.384. The van der Waals surface area contributed by atoms with E-state index in [9.17, 15) is 23.3 Å². The second kappa shape index (κ2) is 7.07. The first kappa shape index (κ1) is 20.3. The molecule has 0 heterocycles. The number of carbonyl (C=O) groups excluding carboxylic acids is 1. The molecule has 0 unspecified atom stereocenters. The van der Waals surface area contributed by atoms with Gasteiger partial charge in [0.05, 0.1) is 9.82 Å². The molecule has 1 aromatic rings. The van der Waals surface area contributed by atoms with Crippen LogP contribution in [0.4, 0.5) is 5.69 Å². The smallest absolute Gasteiger partial charge is 0.269 e. The van der Waals surface area contributed by atoms with Crippen molar-refractivity contribution in [1.29, 1.82) is 0 Å². The average Bonchev–Trinajstić information content (AvgIpc) is 2.66. The van der Waals surface area contributed by atoms with Gasteiger partial charge in [0, 0.05) is 18.2 Å². The highest BCUT2D eigenvalue weighted by Crippen LogP contribution is 2.61. The molecule has 4 fully saturated rings. The molecular weight excluding hydrogens is 392 g/mol. The van der Waals surface area contributed by atoms with Gasteiger partial charge in [0.15, 0.2) is 9.84 Å². The minimum Gasteiger partial charge on any atom is -0.352 e. The number of hydrogen-bond acceptors (Lipinski definition) is 5. The molecule has 4 aliphatic carbocycles. The van der Waals surface area contributed by atoms with Crippen molar-refractivity contribution in [1.82, 2.24) is 5.32 Å². The largest absolute Gasteiger partial charge is 0.352 e. The van der Waals surface area contributed by atoms with Crippen molar-refractivity contribution >= 4 is 21.4 Å². The third kappa shape index (κ3) is 3.56. The molecule has 5 rings (SSSR count). The van der Waals surface area contributed by atoms with E-state index in [2.05, 4.69) is 5.32 Å². The molecule has 4 bridgehead atoms. The Hall–Kier alpha value is -1.96. The summed E-state index contributed by atoms with van der Waals surface area (Å²) in [5.41, 5.74) is -0.0853. The highest BCUT2D eigenvalue weighted by Gasteiger charge is 2.53. The van der Waals surface area contributed by atoms with Gasteiger partial charge in [0.1, 0.15) is 5.25 Å². The Morgan fingerprint density at radius 2 is 1.55 bits per heavy atom. The van der Waals surface area contributed by atoms with E-state index in [0.717, 1.165) is 49.1 Å². The first-order valence-electron chi connectivity index (χ1n) is 10.4. The summed E-state index contributed by atoms with van der Waals surface area (Å²) in [6.45, 7) is 3.41. The SMILES string of the molecule is C[C@@H](NC(=O)[C@H](C)S(=O)(=O)c1ccc([N+](=O)[O-])cc1)C12CC3CC(CC(C3)C1)C2. The first-order chi connectivity index (χ1) is 13.6. The van der Waals surface area contributed by atoms with Gasteiger partial charge in [-0.15, -0.1) is 0 Å². The number of nitrogens with zero attached hydrogens (tertiary/aromatic N) is 1. The van der Waals surface area contributed by atoms with Crippen LogP contribution in [0.5, 0.6) is 0 Å². The predicted molar refractivity (Wildman–Crippen MR) is 108 cm³/mol. The van der Waals surface area contributed by atoms with Crippen molar-refractivity contribution in [3.8, 4) is 0 Å². The van der Waals surface area contributed by atoms with Crippen LogP contribution in [0, 0.1) is 33.3 Å². The van der Waals surface area contributed by atoms with Crippen LogP contribution in [0.1, 0.15) is 52.4 Å². The number of sulfone groups is 1. The maximum atomic E-state index is 12.9. The summed E-state index contributed by atoms with van der Waals surface area (Å²) >= 11 is 0. The summed E-state index contributed by atoms with van der Waals surface area (Å²) in [6, 6.07) is 4.63.